The molecule has 0 bridgehead atoms. The summed E-state index contributed by atoms with van der Waals surface area (Å²) in [7, 11) is 1.83. The zero-order chi connectivity index (χ0) is 27.4. The van der Waals surface area contributed by atoms with Crippen molar-refractivity contribution >= 4 is 28.4 Å². The van der Waals surface area contributed by atoms with E-state index in [0.29, 0.717) is 19.6 Å². The Morgan fingerprint density at radius 3 is 2.54 bits per heavy atom. The molecule has 0 saturated carbocycles. The largest absolute Gasteiger partial charge is 0.355 e. The molecule has 39 heavy (non-hydrogen) atoms. The average molecular weight is 531 g/mol. The van der Waals surface area contributed by atoms with E-state index in [0.717, 1.165) is 55.4 Å². The molecule has 208 valence electrons. The summed E-state index contributed by atoms with van der Waals surface area (Å²) >= 11 is 0. The van der Waals surface area contributed by atoms with Crippen LogP contribution >= 0.6 is 0 Å². The van der Waals surface area contributed by atoms with Crippen LogP contribution in [0.1, 0.15) is 67.8 Å². The first-order chi connectivity index (χ1) is 18.9. The second-order valence-electron chi connectivity index (χ2n) is 11.1. The number of nitrogens with zero attached hydrogens (tertiary/aromatic N) is 5. The molecule has 0 unspecified atom stereocenters. The van der Waals surface area contributed by atoms with E-state index in [1.807, 2.05) is 24.1 Å². The number of aromatic nitrogens is 2. The smallest absolute Gasteiger partial charge is 0.256 e. The van der Waals surface area contributed by atoms with Crippen molar-refractivity contribution < 1.29 is 9.59 Å². The fraction of sp³-hybridized carbons (Fsp3) is 0.516. The Morgan fingerprint density at radius 1 is 1.03 bits per heavy atom. The van der Waals surface area contributed by atoms with Crippen molar-refractivity contribution in [2.75, 3.05) is 31.6 Å². The number of carbonyl (C=O) groups is 2. The van der Waals surface area contributed by atoms with Gasteiger partial charge >= 0.3 is 0 Å². The quantitative estimate of drug-likeness (QED) is 0.389. The molecule has 0 saturated heterocycles. The number of hydrogen-bond donors (Lipinski definition) is 1. The van der Waals surface area contributed by atoms with Crippen molar-refractivity contribution in [3.8, 4) is 0 Å². The summed E-state index contributed by atoms with van der Waals surface area (Å²) in [6, 6.07) is 12.6. The van der Waals surface area contributed by atoms with Gasteiger partial charge in [0.25, 0.3) is 5.91 Å². The molecule has 0 aliphatic carbocycles. The first kappa shape index (κ1) is 27.2. The molecule has 1 aromatic heterocycles. The van der Waals surface area contributed by atoms with Crippen LogP contribution in [0, 0.1) is 6.92 Å². The number of hydrazine groups is 1. The van der Waals surface area contributed by atoms with Gasteiger partial charge in [-0.25, -0.2) is 5.01 Å². The van der Waals surface area contributed by atoms with Crippen LogP contribution in [0.3, 0.4) is 0 Å². The number of benzene rings is 2. The van der Waals surface area contributed by atoms with Crippen molar-refractivity contribution in [2.24, 2.45) is 0 Å². The molecule has 2 aliphatic heterocycles. The topological polar surface area (TPSA) is 73.7 Å². The minimum atomic E-state index is -0.0600. The molecule has 0 fully saturated rings. The maximum absolute atomic E-state index is 13.6. The molecule has 3 heterocycles. The monoisotopic (exact) mass is 530 g/mol. The van der Waals surface area contributed by atoms with Crippen molar-refractivity contribution in [2.45, 2.75) is 78.4 Å². The molecule has 2 amide bonds. The predicted molar refractivity (Wildman–Crippen MR) is 155 cm³/mol. The number of carbonyl (C=O) groups excluding carboxylic acids is 2. The lowest BCUT2D eigenvalue weighted by Gasteiger charge is -2.32. The van der Waals surface area contributed by atoms with E-state index in [4.69, 9.17) is 5.10 Å². The van der Waals surface area contributed by atoms with Crippen molar-refractivity contribution in [1.29, 1.82) is 0 Å². The van der Waals surface area contributed by atoms with Crippen LogP contribution in [0.15, 0.2) is 36.4 Å². The highest BCUT2D eigenvalue weighted by Crippen LogP contribution is 2.31. The van der Waals surface area contributed by atoms with Gasteiger partial charge in [0.2, 0.25) is 5.91 Å². The van der Waals surface area contributed by atoms with Gasteiger partial charge < -0.3 is 10.2 Å². The lowest BCUT2D eigenvalue weighted by atomic mass is 10.1. The third-order valence-corrected chi connectivity index (χ3v) is 8.16. The van der Waals surface area contributed by atoms with Crippen LogP contribution in [0.2, 0.25) is 0 Å². The van der Waals surface area contributed by atoms with E-state index in [1.54, 1.807) is 5.01 Å². The number of rotatable bonds is 10. The van der Waals surface area contributed by atoms with Gasteiger partial charge in [0.15, 0.2) is 0 Å². The lowest BCUT2D eigenvalue weighted by Crippen LogP contribution is -2.48. The Bertz CT molecular complexity index is 1310. The third kappa shape index (κ3) is 6.11. The minimum Gasteiger partial charge on any atom is -0.355 e. The Balaban J connectivity index is 1.37. The van der Waals surface area contributed by atoms with Gasteiger partial charge in [0, 0.05) is 50.0 Å². The fourth-order valence-electron chi connectivity index (χ4n) is 5.86. The Hall–Kier alpha value is -3.39. The van der Waals surface area contributed by atoms with Gasteiger partial charge in [0.05, 0.1) is 18.6 Å². The van der Waals surface area contributed by atoms with Crippen LogP contribution in [0.25, 0.3) is 10.9 Å². The number of fused-ring (bicyclic) bond motifs is 4. The highest BCUT2D eigenvalue weighted by atomic mass is 16.2. The number of hydrogen-bond acceptors (Lipinski definition) is 5. The van der Waals surface area contributed by atoms with Gasteiger partial charge in [-0.05, 0) is 61.4 Å². The molecular weight excluding hydrogens is 488 g/mol. The van der Waals surface area contributed by atoms with Gasteiger partial charge in [-0.15, -0.1) is 0 Å². The van der Waals surface area contributed by atoms with Gasteiger partial charge in [-0.2, -0.15) is 5.10 Å². The van der Waals surface area contributed by atoms with Crippen molar-refractivity contribution in [1.82, 2.24) is 25.1 Å². The molecule has 3 aromatic rings. The van der Waals surface area contributed by atoms with E-state index < -0.39 is 0 Å². The highest BCUT2D eigenvalue weighted by molar-refractivity contribution is 5.91. The van der Waals surface area contributed by atoms with E-state index in [9.17, 15) is 9.59 Å². The van der Waals surface area contributed by atoms with Crippen LogP contribution in [0.4, 0.5) is 5.69 Å². The van der Waals surface area contributed by atoms with Crippen LogP contribution in [-0.4, -0.2) is 58.3 Å². The van der Waals surface area contributed by atoms with Crippen LogP contribution in [0.5, 0.6) is 0 Å². The van der Waals surface area contributed by atoms with E-state index in [-0.39, 0.29) is 24.9 Å². The first-order valence-electron chi connectivity index (χ1n) is 14.5. The van der Waals surface area contributed by atoms with Crippen LogP contribution in [-0.2, 0) is 35.6 Å². The lowest BCUT2D eigenvalue weighted by molar-refractivity contribution is -0.145. The Kier molecular flexibility index (Phi) is 8.50. The second kappa shape index (κ2) is 12.2. The maximum Gasteiger partial charge on any atom is 0.256 e. The maximum atomic E-state index is 13.6. The van der Waals surface area contributed by atoms with E-state index in [2.05, 4.69) is 53.1 Å². The Labute approximate surface area is 231 Å². The zero-order valence-electron chi connectivity index (χ0n) is 23.7. The SMILES string of the molecule is CCCCCNC(=O)CN(CC(=O)N(C)N1Cc2ccccc2C1)c1cc2nn3c(c2cc1C)CCCCC3. The summed E-state index contributed by atoms with van der Waals surface area (Å²) in [4.78, 5) is 28.5. The van der Waals surface area contributed by atoms with Crippen molar-refractivity contribution in [3.63, 3.8) is 0 Å². The van der Waals surface area contributed by atoms with Crippen LogP contribution < -0.4 is 10.2 Å². The van der Waals surface area contributed by atoms with Gasteiger partial charge in [0.1, 0.15) is 0 Å². The first-order valence-corrected chi connectivity index (χ1v) is 14.5. The predicted octanol–water partition coefficient (Wildman–Crippen LogP) is 4.57. The molecule has 0 atom stereocenters. The van der Waals surface area contributed by atoms with Gasteiger partial charge in [-0.3, -0.25) is 19.3 Å². The molecule has 5 rings (SSSR count). The minimum absolute atomic E-state index is 0.0401. The van der Waals surface area contributed by atoms with Crippen molar-refractivity contribution in [3.05, 3.63) is 58.8 Å². The molecule has 0 radical (unpaired) electrons. The summed E-state index contributed by atoms with van der Waals surface area (Å²) in [6.07, 6.45) is 7.78. The zero-order valence-corrected chi connectivity index (χ0v) is 23.7. The molecule has 8 nitrogen and oxygen atoms in total. The van der Waals surface area contributed by atoms with E-state index in [1.165, 1.54) is 35.0 Å². The molecule has 8 heteroatoms. The summed E-state index contributed by atoms with van der Waals surface area (Å²) in [6.45, 7) is 7.50. The third-order valence-electron chi connectivity index (χ3n) is 8.16. The number of unbranched alkanes of at least 4 members (excludes halogenated alkanes) is 2. The number of amides is 2. The summed E-state index contributed by atoms with van der Waals surface area (Å²) < 4.78 is 2.16. The molecule has 2 aliphatic rings. The number of anilines is 1. The summed E-state index contributed by atoms with van der Waals surface area (Å²) in [5.74, 6) is -0.100. The molecule has 0 spiro atoms. The highest BCUT2D eigenvalue weighted by Gasteiger charge is 2.27. The Morgan fingerprint density at radius 2 is 1.79 bits per heavy atom. The molecule has 1 N–H and O–H groups in total. The average Bonchev–Trinajstić information content (AvgIpc) is 3.42. The normalized spacial score (nSPS) is 15.1. The number of aryl methyl sites for hydroxylation is 3. The number of likely N-dealkylation sites (N-methyl/N-ethyl adjacent to an activating group) is 1. The summed E-state index contributed by atoms with van der Waals surface area (Å²) in [5.41, 5.74) is 6.71. The standard InChI is InChI=1S/C31H42N6O2/c1-4-5-10-15-32-30(38)21-35(22-31(39)34(3)36-19-24-12-8-9-13-25(24)20-36)29-18-27-26(17-23(29)2)28-14-7-6-11-16-37(28)33-27/h8-9,12-13,17-18H,4-7,10-11,14-16,19-22H2,1-3H3,(H,32,38). The second-order valence-corrected chi connectivity index (χ2v) is 11.1. The number of nitrogens with one attached hydrogen (secondary N) is 1. The van der Waals surface area contributed by atoms with E-state index >= 15 is 0 Å². The molecular formula is C31H42N6O2. The van der Waals surface area contributed by atoms with Gasteiger partial charge in [-0.1, -0.05) is 50.5 Å². The molecule has 2 aromatic carbocycles. The summed E-state index contributed by atoms with van der Waals surface area (Å²) in [5, 5.41) is 13.0. The fourth-order valence-corrected chi connectivity index (χ4v) is 5.86.